The van der Waals surface area contributed by atoms with Crippen LogP contribution in [-0.2, 0) is 0 Å². The van der Waals surface area contributed by atoms with Gasteiger partial charge in [0.15, 0.2) is 0 Å². The molecule has 7 nitrogen and oxygen atoms in total. The molecule has 0 aliphatic heterocycles. The molecule has 0 amide bonds. The van der Waals surface area contributed by atoms with Crippen molar-refractivity contribution < 1.29 is 15.0 Å². The fraction of sp³-hybridized carbons (Fsp3) is 0.833. The third-order valence-electron chi connectivity index (χ3n) is 2.02. The first-order valence-corrected chi connectivity index (χ1v) is 5.88. The average molecular weight is 276 g/mol. The molecule has 7 heteroatoms. The normalized spacial score (nSPS) is 13.6. The van der Waals surface area contributed by atoms with Crippen LogP contribution in [0.4, 0.5) is 0 Å². The summed E-state index contributed by atoms with van der Waals surface area (Å²) >= 11 is 0. The molecule has 1 N–H and O–H groups in total. The van der Waals surface area contributed by atoms with E-state index in [1.807, 2.05) is 20.8 Å². The molecule has 0 radical (unpaired) electrons. The first-order chi connectivity index (χ1) is 8.25. The molecule has 19 heavy (non-hydrogen) atoms. The van der Waals surface area contributed by atoms with Crippen molar-refractivity contribution in [1.82, 2.24) is 0 Å². The van der Waals surface area contributed by atoms with Crippen LogP contribution >= 0.6 is 0 Å². The molecule has 0 rings (SSSR count). The van der Waals surface area contributed by atoms with E-state index >= 15 is 0 Å². The van der Waals surface area contributed by atoms with E-state index in [9.17, 15) is 20.2 Å². The minimum atomic E-state index is -0.859. The zero-order chi connectivity index (χ0) is 15.9. The van der Waals surface area contributed by atoms with Gasteiger partial charge in [0.2, 0.25) is 12.7 Å². The average Bonchev–Trinajstić information content (AvgIpc) is 2.12. The van der Waals surface area contributed by atoms with Crippen LogP contribution < -0.4 is 0 Å². The smallest absolute Gasteiger partial charge is 0.231 e. The molecule has 0 aliphatic carbocycles. The number of hydrogen-bond donors (Lipinski definition) is 1. The highest BCUT2D eigenvalue weighted by molar-refractivity contribution is 4.86. The molecule has 0 aromatic heterocycles. The number of rotatable bonds is 3. The SMILES string of the molecule is CC(C)(C)/C=C/[N+](=O)[O-].CC(C)(C)C(O)C[N+](=O)[O-]. The van der Waals surface area contributed by atoms with E-state index in [0.717, 1.165) is 6.20 Å². The van der Waals surface area contributed by atoms with Gasteiger partial charge < -0.3 is 5.11 Å². The summed E-state index contributed by atoms with van der Waals surface area (Å²) in [5, 5.41) is 28.8. The Balaban J connectivity index is 0. The Bertz CT molecular complexity index is 326. The van der Waals surface area contributed by atoms with E-state index in [1.165, 1.54) is 0 Å². The minimum absolute atomic E-state index is 0.0902. The van der Waals surface area contributed by atoms with Gasteiger partial charge in [-0.15, -0.1) is 0 Å². The molecule has 0 fully saturated rings. The zero-order valence-electron chi connectivity index (χ0n) is 12.4. The van der Waals surface area contributed by atoms with Crippen molar-refractivity contribution >= 4 is 0 Å². The van der Waals surface area contributed by atoms with Gasteiger partial charge in [0.05, 0.1) is 4.92 Å². The van der Waals surface area contributed by atoms with Crippen LogP contribution in [0.2, 0.25) is 0 Å². The molecule has 1 unspecified atom stereocenters. The van der Waals surface area contributed by atoms with Gasteiger partial charge in [0, 0.05) is 4.92 Å². The van der Waals surface area contributed by atoms with Gasteiger partial charge in [-0.3, -0.25) is 20.2 Å². The van der Waals surface area contributed by atoms with E-state index in [4.69, 9.17) is 5.11 Å². The maximum Gasteiger partial charge on any atom is 0.231 e. The fourth-order valence-corrected chi connectivity index (χ4v) is 0.700. The second-order valence-corrected chi connectivity index (χ2v) is 6.36. The lowest BCUT2D eigenvalue weighted by Gasteiger charge is -2.21. The number of nitro groups is 2. The summed E-state index contributed by atoms with van der Waals surface area (Å²) < 4.78 is 0. The predicted molar refractivity (Wildman–Crippen MR) is 72.9 cm³/mol. The highest BCUT2D eigenvalue weighted by Crippen LogP contribution is 2.18. The molecule has 0 aliphatic rings. The van der Waals surface area contributed by atoms with Crippen LogP contribution in [0, 0.1) is 31.1 Å². The lowest BCUT2D eigenvalue weighted by Crippen LogP contribution is -2.32. The second kappa shape index (κ2) is 7.83. The molecular weight excluding hydrogens is 252 g/mol. The number of nitrogens with zero attached hydrogens (tertiary/aromatic N) is 2. The Kier molecular flexibility index (Phi) is 8.17. The molecular formula is C12H24N2O5. The standard InChI is InChI=1S/C6H13NO3.C6H11NO2/c1-6(2,3)5(8)4-7(9)10;1-6(2,3)4-5-7(8)9/h5,8H,4H2,1-3H3;4-5H,1-3H3/b;5-4+. The molecule has 112 valence electrons. The number of allylic oxidation sites excluding steroid dienone is 1. The molecule has 0 heterocycles. The first-order valence-electron chi connectivity index (χ1n) is 5.88. The lowest BCUT2D eigenvalue weighted by molar-refractivity contribution is -0.493. The van der Waals surface area contributed by atoms with Crippen molar-refractivity contribution in [2.45, 2.75) is 47.6 Å². The van der Waals surface area contributed by atoms with Crippen LogP contribution in [0.25, 0.3) is 0 Å². The summed E-state index contributed by atoms with van der Waals surface area (Å²) in [6.45, 7) is 10.7. The molecule has 0 spiro atoms. The van der Waals surface area contributed by atoms with E-state index in [-0.39, 0.29) is 12.0 Å². The van der Waals surface area contributed by atoms with Crippen molar-refractivity contribution in [1.29, 1.82) is 0 Å². The molecule has 0 aromatic carbocycles. The van der Waals surface area contributed by atoms with Crippen LogP contribution in [-0.4, -0.2) is 27.6 Å². The molecule has 0 saturated carbocycles. The topological polar surface area (TPSA) is 107 Å². The Hall–Kier alpha value is -1.50. The molecule has 0 saturated heterocycles. The third kappa shape index (κ3) is 16.5. The van der Waals surface area contributed by atoms with Crippen LogP contribution in [0.1, 0.15) is 41.5 Å². The summed E-state index contributed by atoms with van der Waals surface area (Å²) in [5.74, 6) is 0. The van der Waals surface area contributed by atoms with Crippen LogP contribution in [0.15, 0.2) is 12.3 Å². The Labute approximate surface area is 113 Å². The van der Waals surface area contributed by atoms with Gasteiger partial charge in [-0.05, 0) is 16.9 Å². The number of aliphatic hydroxyl groups excluding tert-OH is 1. The third-order valence-corrected chi connectivity index (χ3v) is 2.02. The maximum absolute atomic E-state index is 9.90. The van der Waals surface area contributed by atoms with E-state index in [2.05, 4.69) is 0 Å². The van der Waals surface area contributed by atoms with E-state index in [0.29, 0.717) is 0 Å². The van der Waals surface area contributed by atoms with Crippen molar-refractivity contribution in [3.63, 3.8) is 0 Å². The van der Waals surface area contributed by atoms with Gasteiger partial charge in [0.25, 0.3) is 0 Å². The van der Waals surface area contributed by atoms with Gasteiger partial charge in [-0.25, -0.2) is 0 Å². The quantitative estimate of drug-likeness (QED) is 0.629. The zero-order valence-corrected chi connectivity index (χ0v) is 12.4. The van der Waals surface area contributed by atoms with E-state index < -0.39 is 21.4 Å². The second-order valence-electron chi connectivity index (χ2n) is 6.36. The van der Waals surface area contributed by atoms with Crippen molar-refractivity contribution in [2.24, 2.45) is 10.8 Å². The fourth-order valence-electron chi connectivity index (χ4n) is 0.700. The first kappa shape index (κ1) is 19.8. The van der Waals surface area contributed by atoms with E-state index in [1.54, 1.807) is 26.8 Å². The Morgan fingerprint density at radius 1 is 1.11 bits per heavy atom. The monoisotopic (exact) mass is 276 g/mol. The van der Waals surface area contributed by atoms with Gasteiger partial charge in [-0.1, -0.05) is 41.5 Å². The summed E-state index contributed by atoms with van der Waals surface area (Å²) in [5.41, 5.74) is -0.486. The Morgan fingerprint density at radius 2 is 1.53 bits per heavy atom. The van der Waals surface area contributed by atoms with Gasteiger partial charge >= 0.3 is 0 Å². The summed E-state index contributed by atoms with van der Waals surface area (Å²) in [6, 6.07) is 0. The van der Waals surface area contributed by atoms with Crippen LogP contribution in [0.3, 0.4) is 0 Å². The number of aliphatic hydroxyl groups is 1. The van der Waals surface area contributed by atoms with Crippen LogP contribution in [0.5, 0.6) is 0 Å². The predicted octanol–water partition coefficient (Wildman–Crippen LogP) is 2.49. The maximum atomic E-state index is 9.90. The van der Waals surface area contributed by atoms with Gasteiger partial charge in [0.1, 0.15) is 6.10 Å². The van der Waals surface area contributed by atoms with Crippen molar-refractivity contribution in [3.05, 3.63) is 32.5 Å². The number of hydrogen-bond acceptors (Lipinski definition) is 5. The summed E-state index contributed by atoms with van der Waals surface area (Å²) in [4.78, 5) is 18.7. The highest BCUT2D eigenvalue weighted by atomic mass is 16.6. The van der Waals surface area contributed by atoms with Crippen molar-refractivity contribution in [3.8, 4) is 0 Å². The highest BCUT2D eigenvalue weighted by Gasteiger charge is 2.26. The van der Waals surface area contributed by atoms with Gasteiger partial charge in [-0.2, -0.15) is 0 Å². The molecule has 1 atom stereocenters. The molecule has 0 bridgehead atoms. The molecule has 0 aromatic rings. The summed E-state index contributed by atoms with van der Waals surface area (Å²) in [7, 11) is 0. The Morgan fingerprint density at radius 3 is 1.63 bits per heavy atom. The lowest BCUT2D eigenvalue weighted by atomic mass is 9.89. The summed E-state index contributed by atoms with van der Waals surface area (Å²) in [6.07, 6.45) is 1.68. The van der Waals surface area contributed by atoms with Crippen molar-refractivity contribution in [2.75, 3.05) is 6.54 Å². The largest absolute Gasteiger partial charge is 0.386 e. The minimum Gasteiger partial charge on any atom is -0.386 e.